The maximum atomic E-state index is 11.3. The third-order valence-corrected chi connectivity index (χ3v) is 4.91. The first-order valence-electron chi connectivity index (χ1n) is 11.3. The molecule has 0 bridgehead atoms. The maximum absolute atomic E-state index is 11.3. The number of benzene rings is 2. The van der Waals surface area contributed by atoms with Gasteiger partial charge in [-0.15, -0.1) is 0 Å². The van der Waals surface area contributed by atoms with Gasteiger partial charge in [-0.25, -0.2) is 0 Å². The molecule has 0 atom stereocenters. The third kappa shape index (κ3) is 8.49. The van der Waals surface area contributed by atoms with Crippen LogP contribution in [0.2, 0.25) is 0 Å². The van der Waals surface area contributed by atoms with E-state index in [-0.39, 0.29) is 22.8 Å². The van der Waals surface area contributed by atoms with Crippen LogP contribution in [0.25, 0.3) is 0 Å². The van der Waals surface area contributed by atoms with E-state index in [0.717, 1.165) is 11.1 Å². The van der Waals surface area contributed by atoms with Crippen LogP contribution in [0.4, 0.5) is 0 Å². The summed E-state index contributed by atoms with van der Waals surface area (Å²) in [6, 6.07) is 11.9. The van der Waals surface area contributed by atoms with Crippen molar-refractivity contribution in [3.63, 3.8) is 0 Å². The van der Waals surface area contributed by atoms with E-state index in [1.165, 1.54) is 11.1 Å². The molecule has 0 heterocycles. The highest BCUT2D eigenvalue weighted by atomic mass is 16.5. The van der Waals surface area contributed by atoms with E-state index in [9.17, 15) is 9.59 Å². The predicted octanol–water partition coefficient (Wildman–Crippen LogP) is 7.22. The van der Waals surface area contributed by atoms with Crippen molar-refractivity contribution in [3.05, 3.63) is 58.7 Å². The fourth-order valence-corrected chi connectivity index (χ4v) is 3.03. The Kier molecular flexibility index (Phi) is 9.69. The molecule has 0 saturated heterocycles. The Morgan fingerprint density at radius 1 is 0.656 bits per heavy atom. The number of rotatable bonds is 4. The number of esters is 2. The molecule has 0 amide bonds. The molecule has 2 aromatic carbocycles. The van der Waals surface area contributed by atoms with E-state index in [2.05, 4.69) is 53.7 Å². The topological polar surface area (TPSA) is 52.6 Å². The van der Waals surface area contributed by atoms with Crippen LogP contribution in [-0.2, 0) is 20.4 Å². The Morgan fingerprint density at radius 3 is 1.22 bits per heavy atom. The van der Waals surface area contributed by atoms with Crippen molar-refractivity contribution >= 4 is 11.9 Å². The van der Waals surface area contributed by atoms with Crippen LogP contribution in [0.1, 0.15) is 90.5 Å². The minimum Gasteiger partial charge on any atom is -0.426 e. The highest BCUT2D eigenvalue weighted by Gasteiger charge is 2.21. The summed E-state index contributed by atoms with van der Waals surface area (Å²) >= 11 is 0. The van der Waals surface area contributed by atoms with Gasteiger partial charge in [0, 0.05) is 24.0 Å². The van der Waals surface area contributed by atoms with Crippen molar-refractivity contribution in [2.45, 2.75) is 92.9 Å². The van der Waals surface area contributed by atoms with Crippen molar-refractivity contribution in [1.29, 1.82) is 0 Å². The van der Waals surface area contributed by atoms with Crippen LogP contribution in [0.3, 0.4) is 0 Å². The molecule has 0 radical (unpaired) electrons. The highest BCUT2D eigenvalue weighted by Crippen LogP contribution is 2.33. The van der Waals surface area contributed by atoms with Gasteiger partial charge in [0.2, 0.25) is 0 Å². The zero-order chi connectivity index (χ0) is 24.7. The molecule has 4 nitrogen and oxygen atoms in total. The molecule has 0 unspecified atom stereocenters. The van der Waals surface area contributed by atoms with E-state index in [1.807, 2.05) is 38.1 Å². The molecule has 0 fully saturated rings. The highest BCUT2D eigenvalue weighted by molar-refractivity contribution is 5.73. The molecule has 0 aliphatic carbocycles. The average molecular weight is 441 g/mol. The lowest BCUT2D eigenvalue weighted by atomic mass is 9.85. The number of ether oxygens (including phenoxy) is 2. The van der Waals surface area contributed by atoms with Crippen molar-refractivity contribution in [3.8, 4) is 11.5 Å². The molecule has 0 saturated carbocycles. The lowest BCUT2D eigenvalue weighted by Gasteiger charge is -2.22. The van der Waals surface area contributed by atoms with Crippen molar-refractivity contribution < 1.29 is 19.1 Å². The SMILES string of the molecule is CCC(=O)Oc1ccc(C)cc1C(C)(C)C.CCC(=O)Oc1ccc(C)cc1C(C)(C)C. The quantitative estimate of drug-likeness (QED) is 0.372. The Labute approximate surface area is 194 Å². The molecule has 0 aliphatic heterocycles. The number of hydrogen-bond donors (Lipinski definition) is 0. The molecule has 2 aromatic rings. The Balaban J connectivity index is 0.000000320. The molecular formula is C28H40O4. The van der Waals surface area contributed by atoms with Crippen LogP contribution in [0, 0.1) is 13.8 Å². The molecule has 4 heteroatoms. The zero-order valence-corrected chi connectivity index (χ0v) is 21.5. The van der Waals surface area contributed by atoms with Gasteiger partial charge in [0.25, 0.3) is 0 Å². The molecule has 2 rings (SSSR count). The monoisotopic (exact) mass is 440 g/mol. The summed E-state index contributed by atoms with van der Waals surface area (Å²) in [7, 11) is 0. The Hall–Kier alpha value is -2.62. The summed E-state index contributed by atoms with van der Waals surface area (Å²) in [5.41, 5.74) is 4.48. The van der Waals surface area contributed by atoms with Gasteiger partial charge in [0.1, 0.15) is 11.5 Å². The summed E-state index contributed by atoms with van der Waals surface area (Å²) < 4.78 is 10.7. The van der Waals surface area contributed by atoms with E-state index in [1.54, 1.807) is 13.8 Å². The Bertz CT molecular complexity index is 850. The average Bonchev–Trinajstić information content (AvgIpc) is 2.69. The summed E-state index contributed by atoms with van der Waals surface area (Å²) in [6.07, 6.45) is 0.801. The molecule has 0 N–H and O–H groups in total. The normalized spacial score (nSPS) is 11.3. The second kappa shape index (κ2) is 11.3. The van der Waals surface area contributed by atoms with Crippen LogP contribution in [0.15, 0.2) is 36.4 Å². The Morgan fingerprint density at radius 2 is 0.969 bits per heavy atom. The minimum absolute atomic E-state index is 0.0185. The zero-order valence-electron chi connectivity index (χ0n) is 21.5. The van der Waals surface area contributed by atoms with Gasteiger partial charge in [-0.2, -0.15) is 0 Å². The van der Waals surface area contributed by atoms with Gasteiger partial charge in [-0.05, 0) is 36.8 Å². The summed E-state index contributed by atoms with van der Waals surface area (Å²) in [5, 5.41) is 0. The fourth-order valence-electron chi connectivity index (χ4n) is 3.03. The fraction of sp³-hybridized carbons (Fsp3) is 0.500. The second-order valence-corrected chi connectivity index (χ2v) is 10.2. The molecule has 176 valence electrons. The number of hydrogen-bond acceptors (Lipinski definition) is 4. The van der Waals surface area contributed by atoms with Gasteiger partial charge >= 0.3 is 11.9 Å². The predicted molar refractivity (Wildman–Crippen MR) is 132 cm³/mol. The molecule has 0 aliphatic rings. The van der Waals surface area contributed by atoms with Crippen LogP contribution in [-0.4, -0.2) is 11.9 Å². The summed E-state index contributed by atoms with van der Waals surface area (Å²) in [4.78, 5) is 22.6. The van der Waals surface area contributed by atoms with Gasteiger partial charge in [0.15, 0.2) is 0 Å². The van der Waals surface area contributed by atoms with Crippen LogP contribution >= 0.6 is 0 Å². The third-order valence-electron chi connectivity index (χ3n) is 4.91. The van der Waals surface area contributed by atoms with Crippen molar-refractivity contribution in [2.75, 3.05) is 0 Å². The van der Waals surface area contributed by atoms with Crippen LogP contribution in [0.5, 0.6) is 11.5 Å². The van der Waals surface area contributed by atoms with Crippen molar-refractivity contribution in [1.82, 2.24) is 0 Å². The van der Waals surface area contributed by atoms with Gasteiger partial charge in [-0.1, -0.05) is 90.8 Å². The lowest BCUT2D eigenvalue weighted by molar-refractivity contribution is -0.135. The number of carbonyl (C=O) groups excluding carboxylic acids is 2. The lowest BCUT2D eigenvalue weighted by Crippen LogP contribution is -2.16. The van der Waals surface area contributed by atoms with Crippen molar-refractivity contribution in [2.24, 2.45) is 0 Å². The van der Waals surface area contributed by atoms with Gasteiger partial charge in [0.05, 0.1) is 0 Å². The standard InChI is InChI=1S/2C14H20O2/c2*1-6-13(15)16-12-8-7-10(2)9-11(12)14(3,4)5/h2*7-9H,6H2,1-5H3. The molecular weight excluding hydrogens is 400 g/mol. The van der Waals surface area contributed by atoms with E-state index in [0.29, 0.717) is 24.3 Å². The number of aryl methyl sites for hydroxylation is 2. The van der Waals surface area contributed by atoms with E-state index < -0.39 is 0 Å². The molecule has 32 heavy (non-hydrogen) atoms. The molecule has 0 spiro atoms. The largest absolute Gasteiger partial charge is 0.426 e. The van der Waals surface area contributed by atoms with E-state index >= 15 is 0 Å². The minimum atomic E-state index is -0.186. The second-order valence-electron chi connectivity index (χ2n) is 10.2. The molecule has 0 aromatic heterocycles. The maximum Gasteiger partial charge on any atom is 0.310 e. The van der Waals surface area contributed by atoms with Gasteiger partial charge < -0.3 is 9.47 Å². The summed E-state index contributed by atoms with van der Waals surface area (Å²) in [6.45, 7) is 20.4. The smallest absolute Gasteiger partial charge is 0.310 e. The first kappa shape index (κ1) is 27.4. The first-order valence-corrected chi connectivity index (χ1v) is 11.3. The van der Waals surface area contributed by atoms with E-state index in [4.69, 9.17) is 9.47 Å². The first-order chi connectivity index (χ1) is 14.7. The van der Waals surface area contributed by atoms with Gasteiger partial charge in [-0.3, -0.25) is 9.59 Å². The van der Waals surface area contributed by atoms with Crippen LogP contribution < -0.4 is 9.47 Å². The summed E-state index contributed by atoms with van der Waals surface area (Å²) in [5.74, 6) is 0.999. The number of carbonyl (C=O) groups is 2.